The third-order valence-electron chi connectivity index (χ3n) is 5.93. The van der Waals surface area contributed by atoms with Gasteiger partial charge in [-0.2, -0.15) is 0 Å². The summed E-state index contributed by atoms with van der Waals surface area (Å²) in [6.07, 6.45) is 5.34. The van der Waals surface area contributed by atoms with Crippen molar-refractivity contribution in [2.45, 2.75) is 90.4 Å². The van der Waals surface area contributed by atoms with Gasteiger partial charge in [-0.15, -0.1) is 0 Å². The van der Waals surface area contributed by atoms with E-state index in [1.807, 2.05) is 0 Å². The Morgan fingerprint density at radius 1 is 1.24 bits per heavy atom. The van der Waals surface area contributed by atoms with E-state index in [0.29, 0.717) is 12.5 Å². The summed E-state index contributed by atoms with van der Waals surface area (Å²) in [7, 11) is 0. The van der Waals surface area contributed by atoms with Crippen molar-refractivity contribution in [2.24, 2.45) is 5.92 Å². The number of amides is 2. The Bertz CT molecular complexity index is 717. The summed E-state index contributed by atoms with van der Waals surface area (Å²) in [4.78, 5) is 38.7. The standard InChI is InChI=1S/C24H41N3O6/c1-6-7-11-32-15-17-9-8-10-27(14-17)20-13-18(22(29)30)12-19(21(20)25-16(2)28)26-23(31)33-24(3,4)5/h13,17,19-21H,6-12,14-15H2,1-5H3,(H,25,28)(H,26,31)(H,29,30)/t17-,19-,20+,21+/m0/s1. The smallest absolute Gasteiger partial charge is 0.407 e. The number of carboxylic acids is 1. The molecule has 33 heavy (non-hydrogen) atoms. The van der Waals surface area contributed by atoms with Crippen LogP contribution < -0.4 is 10.6 Å². The highest BCUT2D eigenvalue weighted by Crippen LogP contribution is 2.28. The van der Waals surface area contributed by atoms with Crippen LogP contribution in [0.4, 0.5) is 4.79 Å². The second kappa shape index (κ2) is 12.4. The Morgan fingerprint density at radius 2 is 1.97 bits per heavy atom. The average molecular weight is 468 g/mol. The normalized spacial score (nSPS) is 26.3. The Morgan fingerprint density at radius 3 is 2.58 bits per heavy atom. The zero-order valence-electron chi connectivity index (χ0n) is 20.7. The van der Waals surface area contributed by atoms with Crippen LogP contribution in [0.3, 0.4) is 0 Å². The first-order valence-corrected chi connectivity index (χ1v) is 12.0. The summed E-state index contributed by atoms with van der Waals surface area (Å²) >= 11 is 0. The minimum Gasteiger partial charge on any atom is -0.478 e. The van der Waals surface area contributed by atoms with Gasteiger partial charge in [-0.3, -0.25) is 9.69 Å². The Kier molecular flexibility index (Phi) is 10.2. The van der Waals surface area contributed by atoms with Crippen molar-refractivity contribution >= 4 is 18.0 Å². The van der Waals surface area contributed by atoms with Gasteiger partial charge in [-0.1, -0.05) is 19.4 Å². The number of carbonyl (C=O) groups is 3. The molecule has 1 aliphatic carbocycles. The number of nitrogens with zero attached hydrogens (tertiary/aromatic N) is 1. The molecule has 0 aromatic heterocycles. The van der Waals surface area contributed by atoms with E-state index in [1.54, 1.807) is 26.8 Å². The van der Waals surface area contributed by atoms with Crippen LogP contribution in [0.1, 0.15) is 66.7 Å². The SMILES string of the molecule is CCCCOC[C@H]1CCCN([C@@H]2C=C(C(=O)O)C[C@H](NC(=O)OC(C)(C)C)[C@H]2NC(C)=O)C1. The highest BCUT2D eigenvalue weighted by molar-refractivity contribution is 5.87. The second-order valence-electron chi connectivity index (χ2n) is 10.1. The summed E-state index contributed by atoms with van der Waals surface area (Å²) < 4.78 is 11.2. The fourth-order valence-electron chi connectivity index (χ4n) is 4.49. The number of likely N-dealkylation sites (tertiary alicyclic amines) is 1. The van der Waals surface area contributed by atoms with Crippen LogP contribution in [0.5, 0.6) is 0 Å². The lowest BCUT2D eigenvalue weighted by atomic mass is 9.84. The zero-order valence-corrected chi connectivity index (χ0v) is 20.7. The van der Waals surface area contributed by atoms with E-state index in [0.717, 1.165) is 45.4 Å². The van der Waals surface area contributed by atoms with E-state index in [-0.39, 0.29) is 23.9 Å². The topological polar surface area (TPSA) is 117 Å². The molecule has 9 nitrogen and oxygen atoms in total. The van der Waals surface area contributed by atoms with Crippen molar-refractivity contribution in [1.82, 2.24) is 15.5 Å². The van der Waals surface area contributed by atoms with E-state index in [9.17, 15) is 19.5 Å². The Balaban J connectivity index is 2.22. The van der Waals surface area contributed by atoms with Crippen LogP contribution in [0.15, 0.2) is 11.6 Å². The molecule has 2 aliphatic rings. The highest BCUT2D eigenvalue weighted by Gasteiger charge is 2.41. The Hall–Kier alpha value is -2.13. The van der Waals surface area contributed by atoms with E-state index in [1.165, 1.54) is 6.92 Å². The molecule has 3 N–H and O–H groups in total. The van der Waals surface area contributed by atoms with Gasteiger partial charge in [0.05, 0.1) is 24.7 Å². The summed E-state index contributed by atoms with van der Waals surface area (Å²) in [5, 5.41) is 15.5. The number of nitrogens with one attached hydrogen (secondary N) is 2. The first-order valence-electron chi connectivity index (χ1n) is 12.0. The minimum atomic E-state index is -1.02. The molecule has 0 unspecified atom stereocenters. The molecular formula is C24H41N3O6. The van der Waals surface area contributed by atoms with Crippen molar-refractivity contribution in [3.05, 3.63) is 11.6 Å². The van der Waals surface area contributed by atoms with Gasteiger partial charge in [0.1, 0.15) is 5.60 Å². The van der Waals surface area contributed by atoms with Gasteiger partial charge in [-0.05, 0) is 52.5 Å². The maximum atomic E-state index is 12.5. The summed E-state index contributed by atoms with van der Waals surface area (Å²) in [6, 6.07) is -1.43. The number of hydrogen-bond acceptors (Lipinski definition) is 6. The molecule has 9 heteroatoms. The third-order valence-corrected chi connectivity index (χ3v) is 5.93. The lowest BCUT2D eigenvalue weighted by Gasteiger charge is -2.45. The van der Waals surface area contributed by atoms with Crippen LogP contribution in [-0.2, 0) is 19.1 Å². The fourth-order valence-corrected chi connectivity index (χ4v) is 4.49. The molecule has 2 amide bonds. The highest BCUT2D eigenvalue weighted by atomic mass is 16.6. The number of alkyl carbamates (subject to hydrolysis) is 1. The molecule has 0 saturated carbocycles. The van der Waals surface area contributed by atoms with Gasteiger partial charge in [0.15, 0.2) is 0 Å². The first-order chi connectivity index (χ1) is 15.5. The average Bonchev–Trinajstić information content (AvgIpc) is 2.70. The molecule has 1 saturated heterocycles. The second-order valence-corrected chi connectivity index (χ2v) is 10.1. The van der Waals surface area contributed by atoms with Gasteiger partial charge in [0.2, 0.25) is 5.91 Å². The van der Waals surface area contributed by atoms with E-state index in [4.69, 9.17) is 9.47 Å². The monoisotopic (exact) mass is 467 g/mol. The van der Waals surface area contributed by atoms with E-state index < -0.39 is 29.7 Å². The molecule has 0 aromatic rings. The lowest BCUT2D eigenvalue weighted by Crippen LogP contribution is -2.64. The van der Waals surface area contributed by atoms with Crippen molar-refractivity contribution in [2.75, 3.05) is 26.3 Å². The third kappa shape index (κ3) is 8.97. The lowest BCUT2D eigenvalue weighted by molar-refractivity contribution is -0.133. The molecule has 0 aromatic carbocycles. The maximum Gasteiger partial charge on any atom is 0.407 e. The van der Waals surface area contributed by atoms with Gasteiger partial charge < -0.3 is 25.2 Å². The summed E-state index contributed by atoms with van der Waals surface area (Å²) in [5.74, 6) is -0.909. The zero-order chi connectivity index (χ0) is 24.6. The van der Waals surface area contributed by atoms with Crippen molar-refractivity contribution in [3.8, 4) is 0 Å². The molecule has 4 atom stereocenters. The van der Waals surface area contributed by atoms with Gasteiger partial charge in [-0.25, -0.2) is 9.59 Å². The molecular weight excluding hydrogens is 426 g/mol. The van der Waals surface area contributed by atoms with Crippen molar-refractivity contribution in [1.29, 1.82) is 0 Å². The van der Waals surface area contributed by atoms with E-state index in [2.05, 4.69) is 22.5 Å². The molecule has 2 rings (SSSR count). The van der Waals surface area contributed by atoms with Gasteiger partial charge >= 0.3 is 12.1 Å². The summed E-state index contributed by atoms with van der Waals surface area (Å²) in [5.41, 5.74) is -0.464. The minimum absolute atomic E-state index is 0.105. The van der Waals surface area contributed by atoms with Crippen LogP contribution in [-0.4, -0.2) is 78.0 Å². The number of hydrogen-bond donors (Lipinski definition) is 3. The molecule has 1 aliphatic heterocycles. The van der Waals surface area contributed by atoms with Crippen molar-refractivity contribution in [3.63, 3.8) is 0 Å². The largest absolute Gasteiger partial charge is 0.478 e. The van der Waals surface area contributed by atoms with Crippen LogP contribution >= 0.6 is 0 Å². The summed E-state index contributed by atoms with van der Waals surface area (Å²) in [6.45, 7) is 11.8. The van der Waals surface area contributed by atoms with Crippen LogP contribution in [0, 0.1) is 5.92 Å². The predicted molar refractivity (Wildman–Crippen MR) is 125 cm³/mol. The number of ether oxygens (including phenoxy) is 2. The van der Waals surface area contributed by atoms with Crippen LogP contribution in [0.25, 0.3) is 0 Å². The molecule has 0 spiro atoms. The van der Waals surface area contributed by atoms with Crippen LogP contribution in [0.2, 0.25) is 0 Å². The number of unbranched alkanes of at least 4 members (excludes halogenated alkanes) is 1. The molecule has 1 heterocycles. The number of carboxylic acid groups (broad SMARTS) is 1. The van der Waals surface area contributed by atoms with Gasteiger partial charge in [0.25, 0.3) is 0 Å². The molecule has 0 bridgehead atoms. The Labute approximate surface area is 197 Å². The quantitative estimate of drug-likeness (QED) is 0.446. The predicted octanol–water partition coefficient (Wildman–Crippen LogP) is 2.70. The number of aliphatic carboxylic acids is 1. The molecule has 0 radical (unpaired) electrons. The fraction of sp³-hybridized carbons (Fsp3) is 0.792. The van der Waals surface area contributed by atoms with E-state index >= 15 is 0 Å². The number of piperidine rings is 1. The molecule has 1 fully saturated rings. The van der Waals surface area contributed by atoms with Gasteiger partial charge in [0, 0.05) is 32.1 Å². The number of carbonyl (C=O) groups excluding carboxylic acids is 2. The number of rotatable bonds is 9. The maximum absolute atomic E-state index is 12.5. The molecule has 188 valence electrons. The first kappa shape index (κ1) is 27.1. The van der Waals surface area contributed by atoms with Crippen molar-refractivity contribution < 1.29 is 29.0 Å².